The van der Waals surface area contributed by atoms with Crippen molar-refractivity contribution in [2.45, 2.75) is 66.5 Å². The van der Waals surface area contributed by atoms with E-state index in [1.165, 1.54) is 6.42 Å². The zero-order valence-corrected chi connectivity index (χ0v) is 18.2. The van der Waals surface area contributed by atoms with Crippen LogP contribution in [0.25, 0.3) is 0 Å². The lowest BCUT2D eigenvalue weighted by Gasteiger charge is -2.39. The van der Waals surface area contributed by atoms with Gasteiger partial charge in [0.15, 0.2) is 0 Å². The zero-order chi connectivity index (χ0) is 20.7. The molecule has 4 nitrogen and oxygen atoms in total. The van der Waals surface area contributed by atoms with Crippen LogP contribution < -0.4 is 0 Å². The molecule has 0 radical (unpaired) electrons. The highest BCUT2D eigenvalue weighted by Crippen LogP contribution is 2.52. The third-order valence-corrected chi connectivity index (χ3v) is 6.08. The lowest BCUT2D eigenvalue weighted by molar-refractivity contribution is -0.125. The second-order valence-corrected chi connectivity index (χ2v) is 10.3. The van der Waals surface area contributed by atoms with Gasteiger partial charge in [0, 0.05) is 37.8 Å². The van der Waals surface area contributed by atoms with E-state index >= 15 is 0 Å². The maximum absolute atomic E-state index is 13.2. The minimum absolute atomic E-state index is 0.000327. The SMILES string of the molecule is CC(C)=CC(=O)N(C)Cc1ccc(C(=O)N2CC3(C)CC2CC(C)(C)C3)cc1. The van der Waals surface area contributed by atoms with Crippen LogP contribution in [-0.2, 0) is 11.3 Å². The molecule has 28 heavy (non-hydrogen) atoms. The molecule has 1 aliphatic carbocycles. The van der Waals surface area contributed by atoms with Gasteiger partial charge in [0.05, 0.1) is 0 Å². The third-order valence-electron chi connectivity index (χ3n) is 6.08. The highest BCUT2D eigenvalue weighted by molar-refractivity contribution is 5.94. The predicted molar refractivity (Wildman–Crippen MR) is 113 cm³/mol. The summed E-state index contributed by atoms with van der Waals surface area (Å²) in [6.45, 7) is 12.2. The summed E-state index contributed by atoms with van der Waals surface area (Å²) in [5.74, 6) is 0.146. The molecule has 1 saturated heterocycles. The molecule has 2 unspecified atom stereocenters. The minimum Gasteiger partial charge on any atom is -0.338 e. The van der Waals surface area contributed by atoms with Crippen molar-refractivity contribution in [3.05, 3.63) is 47.0 Å². The Balaban J connectivity index is 1.68. The summed E-state index contributed by atoms with van der Waals surface area (Å²) in [6.07, 6.45) is 5.04. The molecule has 1 aromatic carbocycles. The van der Waals surface area contributed by atoms with Gasteiger partial charge in [-0.3, -0.25) is 9.59 Å². The summed E-state index contributed by atoms with van der Waals surface area (Å²) in [5, 5.41) is 0. The van der Waals surface area contributed by atoms with Crippen molar-refractivity contribution in [1.29, 1.82) is 0 Å². The topological polar surface area (TPSA) is 40.6 Å². The normalized spacial score (nSPS) is 25.4. The van der Waals surface area contributed by atoms with Crippen LogP contribution in [0.5, 0.6) is 0 Å². The van der Waals surface area contributed by atoms with E-state index in [0.29, 0.717) is 18.0 Å². The molecule has 4 heteroatoms. The number of hydrogen-bond acceptors (Lipinski definition) is 2. The van der Waals surface area contributed by atoms with E-state index in [-0.39, 0.29) is 17.2 Å². The molecule has 0 spiro atoms. The summed E-state index contributed by atoms with van der Waals surface area (Å²) in [4.78, 5) is 29.0. The first-order valence-corrected chi connectivity index (χ1v) is 10.3. The number of rotatable bonds is 4. The van der Waals surface area contributed by atoms with Gasteiger partial charge in [-0.2, -0.15) is 0 Å². The highest BCUT2D eigenvalue weighted by Gasteiger charge is 2.50. The molecule has 1 aromatic rings. The van der Waals surface area contributed by atoms with Crippen LogP contribution in [-0.4, -0.2) is 41.2 Å². The number of amides is 2. The summed E-state index contributed by atoms with van der Waals surface area (Å²) in [5.41, 5.74) is 3.32. The van der Waals surface area contributed by atoms with E-state index in [4.69, 9.17) is 0 Å². The number of hydrogen-bond donors (Lipinski definition) is 0. The highest BCUT2D eigenvalue weighted by atomic mass is 16.2. The molecule has 3 rings (SSSR count). The number of likely N-dealkylation sites (N-methyl/N-ethyl adjacent to an activating group) is 1. The quantitative estimate of drug-likeness (QED) is 0.711. The van der Waals surface area contributed by atoms with E-state index in [9.17, 15) is 9.59 Å². The molecule has 2 amide bonds. The van der Waals surface area contributed by atoms with Gasteiger partial charge in [-0.1, -0.05) is 38.5 Å². The van der Waals surface area contributed by atoms with Crippen LogP contribution in [0.4, 0.5) is 0 Å². The van der Waals surface area contributed by atoms with Gasteiger partial charge in [0.2, 0.25) is 5.91 Å². The van der Waals surface area contributed by atoms with Crippen LogP contribution in [0.3, 0.4) is 0 Å². The van der Waals surface area contributed by atoms with Crippen molar-refractivity contribution in [3.63, 3.8) is 0 Å². The molecule has 2 bridgehead atoms. The van der Waals surface area contributed by atoms with Crippen LogP contribution in [0.2, 0.25) is 0 Å². The zero-order valence-electron chi connectivity index (χ0n) is 18.2. The van der Waals surface area contributed by atoms with E-state index in [0.717, 1.165) is 36.1 Å². The fraction of sp³-hybridized carbons (Fsp3) is 0.583. The van der Waals surface area contributed by atoms with Crippen molar-refractivity contribution in [2.24, 2.45) is 10.8 Å². The maximum Gasteiger partial charge on any atom is 0.254 e. The van der Waals surface area contributed by atoms with Crippen molar-refractivity contribution >= 4 is 11.8 Å². The smallest absolute Gasteiger partial charge is 0.254 e. The van der Waals surface area contributed by atoms with Gasteiger partial charge in [0.1, 0.15) is 0 Å². The number of nitrogens with zero attached hydrogens (tertiary/aromatic N) is 2. The van der Waals surface area contributed by atoms with E-state index in [1.807, 2.05) is 38.1 Å². The van der Waals surface area contributed by atoms with Crippen molar-refractivity contribution in [1.82, 2.24) is 9.80 Å². The molecule has 2 aliphatic rings. The Morgan fingerprint density at radius 1 is 1.14 bits per heavy atom. The number of carbonyl (C=O) groups excluding carboxylic acids is 2. The summed E-state index contributed by atoms with van der Waals surface area (Å²) < 4.78 is 0. The van der Waals surface area contributed by atoms with Crippen LogP contribution >= 0.6 is 0 Å². The fourth-order valence-corrected chi connectivity index (χ4v) is 5.32. The minimum atomic E-state index is 0.000327. The van der Waals surface area contributed by atoms with Gasteiger partial charge in [-0.25, -0.2) is 0 Å². The van der Waals surface area contributed by atoms with Gasteiger partial charge in [-0.15, -0.1) is 0 Å². The lowest BCUT2D eigenvalue weighted by Crippen LogP contribution is -2.37. The molecule has 1 heterocycles. The third kappa shape index (κ3) is 4.48. The largest absolute Gasteiger partial charge is 0.338 e. The molecule has 152 valence electrons. The number of carbonyl (C=O) groups is 2. The van der Waals surface area contributed by atoms with Crippen molar-refractivity contribution in [3.8, 4) is 0 Å². The first-order valence-electron chi connectivity index (χ1n) is 10.3. The lowest BCUT2D eigenvalue weighted by atomic mass is 9.65. The second-order valence-electron chi connectivity index (χ2n) is 10.3. The molecule has 1 saturated carbocycles. The van der Waals surface area contributed by atoms with E-state index in [1.54, 1.807) is 18.0 Å². The number of allylic oxidation sites excluding steroid dienone is 1. The van der Waals surface area contributed by atoms with Crippen LogP contribution in [0.1, 0.15) is 69.8 Å². The Hall–Kier alpha value is -2.10. The average Bonchev–Trinajstić information content (AvgIpc) is 2.83. The van der Waals surface area contributed by atoms with Crippen LogP contribution in [0.15, 0.2) is 35.9 Å². The molecule has 0 N–H and O–H groups in total. The molecule has 2 fully saturated rings. The monoisotopic (exact) mass is 382 g/mol. The molecule has 1 aliphatic heterocycles. The van der Waals surface area contributed by atoms with E-state index < -0.39 is 0 Å². The summed E-state index contributed by atoms with van der Waals surface area (Å²) in [7, 11) is 1.80. The first kappa shape index (κ1) is 20.6. The summed E-state index contributed by atoms with van der Waals surface area (Å²) >= 11 is 0. The van der Waals surface area contributed by atoms with Crippen molar-refractivity contribution < 1.29 is 9.59 Å². The van der Waals surface area contributed by atoms with Gasteiger partial charge in [-0.05, 0) is 61.6 Å². The van der Waals surface area contributed by atoms with Gasteiger partial charge >= 0.3 is 0 Å². The maximum atomic E-state index is 13.2. The fourth-order valence-electron chi connectivity index (χ4n) is 5.32. The Kier molecular flexibility index (Phi) is 5.44. The van der Waals surface area contributed by atoms with Crippen LogP contribution in [0, 0.1) is 10.8 Å². The number of likely N-dealkylation sites (tertiary alicyclic amines) is 1. The molecule has 0 aromatic heterocycles. The Morgan fingerprint density at radius 2 is 1.79 bits per heavy atom. The van der Waals surface area contributed by atoms with Crippen molar-refractivity contribution in [2.75, 3.05) is 13.6 Å². The molecular formula is C24H34N2O2. The number of fused-ring (bicyclic) bond motifs is 2. The Bertz CT molecular complexity index is 789. The van der Waals surface area contributed by atoms with Gasteiger partial charge in [0.25, 0.3) is 5.91 Å². The van der Waals surface area contributed by atoms with Gasteiger partial charge < -0.3 is 9.80 Å². The summed E-state index contributed by atoms with van der Waals surface area (Å²) in [6, 6.07) is 8.11. The Morgan fingerprint density at radius 3 is 2.39 bits per heavy atom. The standard InChI is InChI=1S/C24H34N2O2/c1-17(2)11-21(27)25(6)14-18-7-9-19(10-8-18)22(28)26-16-24(5)13-20(26)12-23(3,4)15-24/h7-11,20H,12-16H2,1-6H3. The Labute approximate surface area is 169 Å². The second kappa shape index (κ2) is 7.38. The van der Waals surface area contributed by atoms with E-state index in [2.05, 4.69) is 25.7 Å². The first-order chi connectivity index (χ1) is 13.0. The average molecular weight is 383 g/mol. The molecular weight excluding hydrogens is 348 g/mol. The predicted octanol–water partition coefficient (Wildman–Crippen LogP) is 4.65. The molecule has 2 atom stereocenters. The number of benzene rings is 1.